The summed E-state index contributed by atoms with van der Waals surface area (Å²) < 4.78 is 0. The quantitative estimate of drug-likeness (QED) is 0.505. The fourth-order valence-corrected chi connectivity index (χ4v) is 1.53. The van der Waals surface area contributed by atoms with Gasteiger partial charge >= 0.3 is 0 Å². The predicted molar refractivity (Wildman–Crippen MR) is 33.6 cm³/mol. The fourth-order valence-electron chi connectivity index (χ4n) is 1.53. The molecule has 0 saturated heterocycles. The Bertz CT molecular complexity index is 70.5. The van der Waals surface area contributed by atoms with Crippen LogP contribution in [0.1, 0.15) is 26.7 Å². The first-order chi connectivity index (χ1) is 3.70. The zero-order chi connectivity index (χ0) is 6.15. The van der Waals surface area contributed by atoms with Crippen LogP contribution in [0.25, 0.3) is 0 Å². The van der Waals surface area contributed by atoms with E-state index in [1.165, 1.54) is 6.42 Å². The summed E-state index contributed by atoms with van der Waals surface area (Å²) in [6.45, 7) is 4.32. The van der Waals surface area contributed by atoms with Gasteiger partial charge in [0.2, 0.25) is 0 Å². The summed E-state index contributed by atoms with van der Waals surface area (Å²) in [7, 11) is 0. The van der Waals surface area contributed by atoms with Gasteiger partial charge in [-0.1, -0.05) is 13.8 Å². The highest BCUT2D eigenvalue weighted by Crippen LogP contribution is 2.29. The standard InChI is InChI=1S/C7H14O/c1-5-3-6(2)7(8)4-5/h5-8H,3-4H2,1-2H3/t5-,6-,7+/m1/s1. The highest BCUT2D eigenvalue weighted by molar-refractivity contribution is 4.77. The third-order valence-corrected chi connectivity index (χ3v) is 2.07. The summed E-state index contributed by atoms with van der Waals surface area (Å²) in [5.41, 5.74) is 0. The number of aliphatic hydroxyl groups excluding tert-OH is 1. The van der Waals surface area contributed by atoms with Crippen LogP contribution in [0.2, 0.25) is 0 Å². The molecule has 0 radical (unpaired) electrons. The normalized spacial score (nSPS) is 47.6. The SMILES string of the molecule is C[C@@H]1C[C@@H](C)[C@@H](O)C1. The molecule has 1 aliphatic rings. The van der Waals surface area contributed by atoms with E-state index in [9.17, 15) is 0 Å². The lowest BCUT2D eigenvalue weighted by Crippen LogP contribution is -2.07. The second-order valence-electron chi connectivity index (χ2n) is 3.12. The minimum atomic E-state index is -0.00926. The van der Waals surface area contributed by atoms with Crippen molar-refractivity contribution < 1.29 is 5.11 Å². The molecule has 0 heterocycles. The number of rotatable bonds is 0. The van der Waals surface area contributed by atoms with Gasteiger partial charge in [0.1, 0.15) is 0 Å². The fraction of sp³-hybridized carbons (Fsp3) is 1.00. The van der Waals surface area contributed by atoms with Gasteiger partial charge < -0.3 is 5.11 Å². The molecule has 0 bridgehead atoms. The molecule has 0 aliphatic heterocycles. The van der Waals surface area contributed by atoms with Crippen molar-refractivity contribution in [2.45, 2.75) is 32.8 Å². The summed E-state index contributed by atoms with van der Waals surface area (Å²) >= 11 is 0. The molecule has 0 aromatic rings. The highest BCUT2D eigenvalue weighted by atomic mass is 16.3. The maximum Gasteiger partial charge on any atom is 0.0568 e. The van der Waals surface area contributed by atoms with Gasteiger partial charge in [-0.2, -0.15) is 0 Å². The van der Waals surface area contributed by atoms with Gasteiger partial charge in [0.25, 0.3) is 0 Å². The molecule has 1 nitrogen and oxygen atoms in total. The molecule has 1 aliphatic carbocycles. The third-order valence-electron chi connectivity index (χ3n) is 2.07. The topological polar surface area (TPSA) is 20.2 Å². The van der Waals surface area contributed by atoms with Crippen molar-refractivity contribution in [3.05, 3.63) is 0 Å². The molecule has 0 aromatic carbocycles. The Balaban J connectivity index is 2.39. The van der Waals surface area contributed by atoms with Gasteiger partial charge in [-0.05, 0) is 24.7 Å². The molecule has 1 saturated carbocycles. The van der Waals surface area contributed by atoms with Crippen LogP contribution >= 0.6 is 0 Å². The molecule has 1 N–H and O–H groups in total. The molecule has 48 valence electrons. The number of aliphatic hydroxyl groups is 1. The minimum absolute atomic E-state index is 0.00926. The Morgan fingerprint density at radius 3 is 2.00 bits per heavy atom. The van der Waals surface area contributed by atoms with Crippen LogP contribution in [0.3, 0.4) is 0 Å². The molecule has 1 fully saturated rings. The van der Waals surface area contributed by atoms with Crippen LogP contribution in [-0.4, -0.2) is 11.2 Å². The number of hydrogen-bond donors (Lipinski definition) is 1. The molecular weight excluding hydrogens is 100 g/mol. The smallest absolute Gasteiger partial charge is 0.0568 e. The van der Waals surface area contributed by atoms with E-state index in [0.717, 1.165) is 12.3 Å². The first kappa shape index (κ1) is 6.09. The van der Waals surface area contributed by atoms with Crippen LogP contribution in [-0.2, 0) is 0 Å². The van der Waals surface area contributed by atoms with Crippen LogP contribution in [0.4, 0.5) is 0 Å². The Morgan fingerprint density at radius 1 is 1.25 bits per heavy atom. The lowest BCUT2D eigenvalue weighted by atomic mass is 10.1. The first-order valence-electron chi connectivity index (χ1n) is 3.38. The van der Waals surface area contributed by atoms with E-state index in [1.54, 1.807) is 0 Å². The summed E-state index contributed by atoms with van der Waals surface area (Å²) in [4.78, 5) is 0. The lowest BCUT2D eigenvalue weighted by Gasteiger charge is -2.04. The predicted octanol–water partition coefficient (Wildman–Crippen LogP) is 1.41. The van der Waals surface area contributed by atoms with Crippen molar-refractivity contribution in [3.8, 4) is 0 Å². The lowest BCUT2D eigenvalue weighted by molar-refractivity contribution is 0.140. The molecule has 8 heavy (non-hydrogen) atoms. The molecular formula is C7H14O. The van der Waals surface area contributed by atoms with Gasteiger partial charge in [-0.15, -0.1) is 0 Å². The van der Waals surface area contributed by atoms with Gasteiger partial charge in [-0.25, -0.2) is 0 Å². The van der Waals surface area contributed by atoms with Crippen molar-refractivity contribution in [1.29, 1.82) is 0 Å². The molecule has 1 rings (SSSR count). The summed E-state index contributed by atoms with van der Waals surface area (Å²) in [6, 6.07) is 0. The Labute approximate surface area is 50.7 Å². The van der Waals surface area contributed by atoms with Crippen molar-refractivity contribution in [1.82, 2.24) is 0 Å². The molecule has 0 amide bonds. The minimum Gasteiger partial charge on any atom is -0.393 e. The van der Waals surface area contributed by atoms with E-state index < -0.39 is 0 Å². The summed E-state index contributed by atoms with van der Waals surface area (Å²) in [5.74, 6) is 1.30. The van der Waals surface area contributed by atoms with Gasteiger partial charge in [0.05, 0.1) is 6.10 Å². The molecule has 0 unspecified atom stereocenters. The maximum absolute atomic E-state index is 9.17. The van der Waals surface area contributed by atoms with E-state index >= 15 is 0 Å². The van der Waals surface area contributed by atoms with Gasteiger partial charge in [0, 0.05) is 0 Å². The average Bonchev–Trinajstić information content (AvgIpc) is 1.85. The second-order valence-corrected chi connectivity index (χ2v) is 3.12. The second kappa shape index (κ2) is 2.06. The van der Waals surface area contributed by atoms with Crippen molar-refractivity contribution in [2.24, 2.45) is 11.8 Å². The van der Waals surface area contributed by atoms with E-state index in [2.05, 4.69) is 13.8 Å². The van der Waals surface area contributed by atoms with Crippen LogP contribution in [0.5, 0.6) is 0 Å². The van der Waals surface area contributed by atoms with Gasteiger partial charge in [-0.3, -0.25) is 0 Å². The Kier molecular flexibility index (Phi) is 1.57. The molecule has 3 atom stereocenters. The highest BCUT2D eigenvalue weighted by Gasteiger charge is 2.25. The van der Waals surface area contributed by atoms with Crippen LogP contribution in [0, 0.1) is 11.8 Å². The van der Waals surface area contributed by atoms with Crippen molar-refractivity contribution in [3.63, 3.8) is 0 Å². The summed E-state index contributed by atoms with van der Waals surface area (Å²) in [5, 5.41) is 9.17. The van der Waals surface area contributed by atoms with E-state index in [4.69, 9.17) is 5.11 Å². The van der Waals surface area contributed by atoms with Crippen molar-refractivity contribution >= 4 is 0 Å². The van der Waals surface area contributed by atoms with Crippen LogP contribution < -0.4 is 0 Å². The zero-order valence-corrected chi connectivity index (χ0v) is 5.59. The Hall–Kier alpha value is -0.0400. The maximum atomic E-state index is 9.17. The van der Waals surface area contributed by atoms with Gasteiger partial charge in [0.15, 0.2) is 0 Å². The monoisotopic (exact) mass is 114 g/mol. The number of hydrogen-bond acceptors (Lipinski definition) is 1. The largest absolute Gasteiger partial charge is 0.393 e. The van der Waals surface area contributed by atoms with E-state index in [0.29, 0.717) is 5.92 Å². The molecule has 1 heteroatoms. The third kappa shape index (κ3) is 1.03. The molecule has 0 spiro atoms. The summed E-state index contributed by atoms with van der Waals surface area (Å²) in [6.07, 6.45) is 2.22. The van der Waals surface area contributed by atoms with E-state index in [-0.39, 0.29) is 6.10 Å². The van der Waals surface area contributed by atoms with Crippen molar-refractivity contribution in [2.75, 3.05) is 0 Å². The van der Waals surface area contributed by atoms with Crippen LogP contribution in [0.15, 0.2) is 0 Å². The zero-order valence-electron chi connectivity index (χ0n) is 5.59. The van der Waals surface area contributed by atoms with E-state index in [1.807, 2.05) is 0 Å². The Morgan fingerprint density at radius 2 is 1.88 bits per heavy atom. The molecule has 0 aromatic heterocycles. The average molecular weight is 114 g/mol. The first-order valence-corrected chi connectivity index (χ1v) is 3.38.